The molecular formula is C16H22N+. The lowest BCUT2D eigenvalue weighted by molar-refractivity contribution is -0.907. The molecule has 1 aliphatic rings. The second kappa shape index (κ2) is 5.38. The van der Waals surface area contributed by atoms with Crippen molar-refractivity contribution in [3.63, 3.8) is 0 Å². The fraction of sp³-hybridized carbons (Fsp3) is 0.500. The van der Waals surface area contributed by atoms with Gasteiger partial charge in [-0.05, 0) is 44.2 Å². The van der Waals surface area contributed by atoms with Crippen molar-refractivity contribution >= 4 is 0 Å². The van der Waals surface area contributed by atoms with Crippen LogP contribution in [0.2, 0.25) is 0 Å². The second-order valence-electron chi connectivity index (χ2n) is 5.45. The average molecular weight is 228 g/mol. The van der Waals surface area contributed by atoms with E-state index < -0.39 is 0 Å². The maximum absolute atomic E-state index is 3.35. The maximum atomic E-state index is 3.35. The average Bonchev–Trinajstić information content (AvgIpc) is 2.32. The highest BCUT2D eigenvalue weighted by Gasteiger charge is 2.22. The normalized spacial score (nSPS) is 18.2. The molecule has 0 saturated carbocycles. The Morgan fingerprint density at radius 1 is 1.06 bits per heavy atom. The van der Waals surface area contributed by atoms with Crippen molar-refractivity contribution in [1.29, 1.82) is 0 Å². The molecule has 1 fully saturated rings. The van der Waals surface area contributed by atoms with Crippen molar-refractivity contribution in [3.05, 3.63) is 35.4 Å². The van der Waals surface area contributed by atoms with Crippen molar-refractivity contribution < 1.29 is 4.48 Å². The SMILES string of the molecule is Cc1ccc(C#CC[N+]2(C)CCCCC2)cc1. The first kappa shape index (κ1) is 12.2. The van der Waals surface area contributed by atoms with E-state index in [9.17, 15) is 0 Å². The third kappa shape index (κ3) is 3.61. The molecule has 0 aliphatic carbocycles. The van der Waals surface area contributed by atoms with Crippen molar-refractivity contribution in [2.24, 2.45) is 0 Å². The van der Waals surface area contributed by atoms with E-state index in [0.29, 0.717) is 0 Å². The van der Waals surface area contributed by atoms with E-state index in [1.165, 1.54) is 37.9 Å². The molecule has 0 amide bonds. The highest BCUT2D eigenvalue weighted by molar-refractivity contribution is 5.35. The molecule has 1 aromatic carbocycles. The standard InChI is InChI=1S/C16H22N/c1-15-8-10-16(11-9-15)7-6-14-17(2)12-4-3-5-13-17/h8-11H,3-5,12-14H2,1-2H3/q+1. The molecule has 0 unspecified atom stereocenters. The minimum Gasteiger partial charge on any atom is -0.316 e. The van der Waals surface area contributed by atoms with E-state index in [0.717, 1.165) is 16.6 Å². The first-order chi connectivity index (χ1) is 8.18. The molecule has 0 atom stereocenters. The number of quaternary nitrogens is 1. The quantitative estimate of drug-likeness (QED) is 0.512. The number of rotatable bonds is 1. The summed E-state index contributed by atoms with van der Waals surface area (Å²) in [7, 11) is 2.34. The number of likely N-dealkylation sites (tertiary alicyclic amines) is 1. The van der Waals surface area contributed by atoms with Crippen LogP contribution in [0.25, 0.3) is 0 Å². The number of piperidine rings is 1. The summed E-state index contributed by atoms with van der Waals surface area (Å²) in [5, 5.41) is 0. The second-order valence-corrected chi connectivity index (χ2v) is 5.45. The van der Waals surface area contributed by atoms with E-state index in [4.69, 9.17) is 0 Å². The summed E-state index contributed by atoms with van der Waals surface area (Å²) in [5.74, 6) is 6.63. The van der Waals surface area contributed by atoms with Gasteiger partial charge in [0.2, 0.25) is 0 Å². The fourth-order valence-corrected chi connectivity index (χ4v) is 2.40. The Kier molecular flexibility index (Phi) is 3.86. The lowest BCUT2D eigenvalue weighted by Gasteiger charge is -2.35. The summed E-state index contributed by atoms with van der Waals surface area (Å²) in [6, 6.07) is 8.47. The molecule has 90 valence electrons. The maximum Gasteiger partial charge on any atom is 0.141 e. The van der Waals surface area contributed by atoms with E-state index in [2.05, 4.69) is 50.1 Å². The highest BCUT2D eigenvalue weighted by atomic mass is 15.3. The zero-order chi connectivity index (χ0) is 12.1. The summed E-state index contributed by atoms with van der Waals surface area (Å²) in [4.78, 5) is 0. The lowest BCUT2D eigenvalue weighted by Crippen LogP contribution is -2.47. The van der Waals surface area contributed by atoms with Crippen LogP contribution in [-0.2, 0) is 0 Å². The first-order valence-electron chi connectivity index (χ1n) is 6.57. The Bertz CT molecular complexity index is 413. The molecule has 1 heteroatoms. The predicted molar refractivity (Wildman–Crippen MR) is 72.7 cm³/mol. The van der Waals surface area contributed by atoms with Crippen molar-refractivity contribution in [1.82, 2.24) is 0 Å². The summed E-state index contributed by atoms with van der Waals surface area (Å²) in [5.41, 5.74) is 2.43. The van der Waals surface area contributed by atoms with E-state index in [1.54, 1.807) is 0 Å². The van der Waals surface area contributed by atoms with Crippen molar-refractivity contribution in [3.8, 4) is 11.8 Å². The van der Waals surface area contributed by atoms with E-state index in [1.807, 2.05) is 0 Å². The highest BCUT2D eigenvalue weighted by Crippen LogP contribution is 2.15. The monoisotopic (exact) mass is 228 g/mol. The van der Waals surface area contributed by atoms with Crippen LogP contribution >= 0.6 is 0 Å². The van der Waals surface area contributed by atoms with Crippen LogP contribution in [0.15, 0.2) is 24.3 Å². The third-order valence-corrected chi connectivity index (χ3v) is 3.64. The zero-order valence-electron chi connectivity index (χ0n) is 11.0. The third-order valence-electron chi connectivity index (χ3n) is 3.64. The zero-order valence-corrected chi connectivity index (χ0v) is 11.0. The number of aryl methyl sites for hydroxylation is 1. The Morgan fingerprint density at radius 3 is 2.35 bits per heavy atom. The molecule has 1 aliphatic heterocycles. The summed E-state index contributed by atoms with van der Waals surface area (Å²) in [6.07, 6.45) is 4.13. The lowest BCUT2D eigenvalue weighted by atomic mass is 10.1. The van der Waals surface area contributed by atoms with Gasteiger partial charge in [0.15, 0.2) is 0 Å². The Labute approximate surface area is 105 Å². The van der Waals surface area contributed by atoms with Gasteiger partial charge in [-0.15, -0.1) is 0 Å². The van der Waals surface area contributed by atoms with Gasteiger partial charge < -0.3 is 4.48 Å². The van der Waals surface area contributed by atoms with Crippen LogP contribution in [0.1, 0.15) is 30.4 Å². The van der Waals surface area contributed by atoms with Gasteiger partial charge in [-0.25, -0.2) is 0 Å². The van der Waals surface area contributed by atoms with Gasteiger partial charge in [-0.2, -0.15) is 0 Å². The Hall–Kier alpha value is -1.26. The molecular weight excluding hydrogens is 206 g/mol. The minimum atomic E-state index is 0.994. The fourth-order valence-electron chi connectivity index (χ4n) is 2.40. The van der Waals surface area contributed by atoms with Crippen LogP contribution < -0.4 is 0 Å². The first-order valence-corrected chi connectivity index (χ1v) is 6.57. The summed E-state index contributed by atoms with van der Waals surface area (Å²) >= 11 is 0. The number of hydrogen-bond acceptors (Lipinski definition) is 0. The largest absolute Gasteiger partial charge is 0.316 e. The smallest absolute Gasteiger partial charge is 0.141 e. The van der Waals surface area contributed by atoms with E-state index >= 15 is 0 Å². The van der Waals surface area contributed by atoms with Gasteiger partial charge in [-0.1, -0.05) is 23.6 Å². The molecule has 17 heavy (non-hydrogen) atoms. The van der Waals surface area contributed by atoms with Gasteiger partial charge in [0.25, 0.3) is 0 Å². The summed E-state index contributed by atoms with van der Waals surface area (Å²) in [6.45, 7) is 5.69. The number of nitrogens with zero attached hydrogens (tertiary/aromatic N) is 1. The van der Waals surface area contributed by atoms with Crippen molar-refractivity contribution in [2.75, 3.05) is 26.7 Å². The van der Waals surface area contributed by atoms with Gasteiger partial charge >= 0.3 is 0 Å². The van der Waals surface area contributed by atoms with Gasteiger partial charge in [0.05, 0.1) is 20.1 Å². The van der Waals surface area contributed by atoms with Crippen LogP contribution in [-0.4, -0.2) is 31.2 Å². The molecule has 2 rings (SSSR count). The summed E-state index contributed by atoms with van der Waals surface area (Å²) < 4.78 is 1.14. The van der Waals surface area contributed by atoms with E-state index in [-0.39, 0.29) is 0 Å². The van der Waals surface area contributed by atoms with Gasteiger partial charge in [0, 0.05) is 5.56 Å². The molecule has 0 radical (unpaired) electrons. The van der Waals surface area contributed by atoms with Crippen molar-refractivity contribution in [2.45, 2.75) is 26.2 Å². The molecule has 0 bridgehead atoms. The molecule has 0 spiro atoms. The Balaban J connectivity index is 1.95. The number of benzene rings is 1. The van der Waals surface area contributed by atoms with Gasteiger partial charge in [0.1, 0.15) is 6.54 Å². The van der Waals surface area contributed by atoms with Crippen LogP contribution in [0, 0.1) is 18.8 Å². The molecule has 1 aromatic rings. The minimum absolute atomic E-state index is 0.994. The predicted octanol–water partition coefficient (Wildman–Crippen LogP) is 2.98. The molecule has 1 heterocycles. The van der Waals surface area contributed by atoms with Crippen LogP contribution in [0.3, 0.4) is 0 Å². The molecule has 1 saturated heterocycles. The molecule has 1 nitrogen and oxygen atoms in total. The topological polar surface area (TPSA) is 0 Å². The van der Waals surface area contributed by atoms with Crippen LogP contribution in [0.5, 0.6) is 0 Å². The van der Waals surface area contributed by atoms with Gasteiger partial charge in [-0.3, -0.25) is 0 Å². The number of hydrogen-bond donors (Lipinski definition) is 0. The molecule has 0 N–H and O–H groups in total. The van der Waals surface area contributed by atoms with Crippen LogP contribution in [0.4, 0.5) is 0 Å². The Morgan fingerprint density at radius 2 is 1.71 bits per heavy atom. The molecule has 0 aromatic heterocycles.